The zero-order chi connectivity index (χ0) is 14.0. The van der Waals surface area contributed by atoms with Crippen LogP contribution < -0.4 is 0 Å². The molecule has 0 fully saturated rings. The lowest BCUT2D eigenvalue weighted by atomic mass is 9.99. The van der Waals surface area contributed by atoms with Gasteiger partial charge in [0.25, 0.3) is 0 Å². The summed E-state index contributed by atoms with van der Waals surface area (Å²) in [5.74, 6) is 0.878. The number of nitrogens with zero attached hydrogens (tertiary/aromatic N) is 1. The van der Waals surface area contributed by atoms with E-state index in [1.807, 2.05) is 6.07 Å². The Labute approximate surface area is 122 Å². The average molecular weight is 271 g/mol. The van der Waals surface area contributed by atoms with E-state index in [0.717, 1.165) is 12.2 Å². The molecule has 20 heavy (non-hydrogen) atoms. The number of aryl methyl sites for hydroxylation is 1. The molecule has 2 nitrogen and oxygen atoms in total. The molecule has 0 unspecified atom stereocenters. The van der Waals surface area contributed by atoms with Gasteiger partial charge in [0.05, 0.1) is 6.20 Å². The van der Waals surface area contributed by atoms with Gasteiger partial charge in [-0.2, -0.15) is 0 Å². The second-order valence-corrected chi connectivity index (χ2v) is 5.41. The molecule has 0 N–H and O–H groups in total. The van der Waals surface area contributed by atoms with Crippen molar-refractivity contribution in [3.8, 4) is 11.3 Å². The number of rotatable bonds is 9. The van der Waals surface area contributed by atoms with Crippen LogP contribution in [0.25, 0.3) is 11.3 Å². The summed E-state index contributed by atoms with van der Waals surface area (Å²) < 4.78 is 5.28. The predicted molar refractivity (Wildman–Crippen MR) is 83.6 cm³/mol. The highest BCUT2D eigenvalue weighted by Gasteiger charge is 2.07. The normalized spacial score (nSPS) is 10.8. The van der Waals surface area contributed by atoms with E-state index in [9.17, 15) is 0 Å². The summed E-state index contributed by atoms with van der Waals surface area (Å²) in [4.78, 5) is 0. The summed E-state index contributed by atoms with van der Waals surface area (Å²) in [5.41, 5.74) is 2.56. The van der Waals surface area contributed by atoms with Gasteiger partial charge in [0.15, 0.2) is 5.76 Å². The van der Waals surface area contributed by atoms with Gasteiger partial charge in [0.1, 0.15) is 0 Å². The SMILES string of the molecule is CCCCCCCCCc1ccccc1-c1ccno1. The van der Waals surface area contributed by atoms with Gasteiger partial charge < -0.3 is 4.52 Å². The van der Waals surface area contributed by atoms with Crippen LogP contribution in [0.15, 0.2) is 41.1 Å². The molecule has 0 atom stereocenters. The third-order valence-electron chi connectivity index (χ3n) is 3.77. The van der Waals surface area contributed by atoms with E-state index in [0.29, 0.717) is 0 Å². The van der Waals surface area contributed by atoms with E-state index in [1.54, 1.807) is 6.20 Å². The van der Waals surface area contributed by atoms with E-state index in [4.69, 9.17) is 4.52 Å². The zero-order valence-electron chi connectivity index (χ0n) is 12.5. The highest BCUT2D eigenvalue weighted by atomic mass is 16.5. The number of benzene rings is 1. The Hall–Kier alpha value is -1.57. The molecule has 0 aliphatic rings. The van der Waals surface area contributed by atoms with Crippen molar-refractivity contribution in [3.05, 3.63) is 42.1 Å². The van der Waals surface area contributed by atoms with Crippen molar-refractivity contribution in [2.24, 2.45) is 0 Å². The van der Waals surface area contributed by atoms with Gasteiger partial charge in [-0.1, -0.05) is 74.9 Å². The third-order valence-corrected chi connectivity index (χ3v) is 3.77. The molecule has 0 saturated carbocycles. The van der Waals surface area contributed by atoms with Crippen LogP contribution in [0.1, 0.15) is 57.4 Å². The molecule has 2 aromatic rings. The number of hydrogen-bond donors (Lipinski definition) is 0. The molecule has 0 aliphatic heterocycles. The maximum absolute atomic E-state index is 5.28. The zero-order valence-corrected chi connectivity index (χ0v) is 12.5. The number of unbranched alkanes of at least 4 members (excludes halogenated alkanes) is 6. The summed E-state index contributed by atoms with van der Waals surface area (Å²) in [5, 5.41) is 3.80. The van der Waals surface area contributed by atoms with Gasteiger partial charge in [0.2, 0.25) is 0 Å². The molecule has 0 amide bonds. The minimum absolute atomic E-state index is 0.878. The molecular weight excluding hydrogens is 246 g/mol. The summed E-state index contributed by atoms with van der Waals surface area (Å²) in [6, 6.07) is 10.4. The lowest BCUT2D eigenvalue weighted by molar-refractivity contribution is 0.432. The first-order valence-electron chi connectivity index (χ1n) is 7.90. The van der Waals surface area contributed by atoms with E-state index >= 15 is 0 Å². The molecular formula is C18H25NO. The van der Waals surface area contributed by atoms with Crippen molar-refractivity contribution in [1.82, 2.24) is 5.16 Å². The fraction of sp³-hybridized carbons (Fsp3) is 0.500. The van der Waals surface area contributed by atoms with Gasteiger partial charge in [-0.25, -0.2) is 0 Å². The van der Waals surface area contributed by atoms with Crippen LogP contribution >= 0.6 is 0 Å². The molecule has 0 aliphatic carbocycles. The van der Waals surface area contributed by atoms with Crippen LogP contribution in [0.3, 0.4) is 0 Å². The Bertz CT molecular complexity index is 476. The topological polar surface area (TPSA) is 26.0 Å². The van der Waals surface area contributed by atoms with Crippen LogP contribution in [0.2, 0.25) is 0 Å². The van der Waals surface area contributed by atoms with Gasteiger partial charge in [0, 0.05) is 11.6 Å². The fourth-order valence-electron chi connectivity index (χ4n) is 2.61. The molecule has 0 bridgehead atoms. The minimum Gasteiger partial charge on any atom is -0.356 e. The van der Waals surface area contributed by atoms with Crippen molar-refractivity contribution < 1.29 is 4.52 Å². The van der Waals surface area contributed by atoms with E-state index in [1.165, 1.54) is 56.1 Å². The monoisotopic (exact) mass is 271 g/mol. The molecule has 108 valence electrons. The van der Waals surface area contributed by atoms with E-state index in [2.05, 4.69) is 36.3 Å². The first kappa shape index (κ1) is 14.8. The number of hydrogen-bond acceptors (Lipinski definition) is 2. The van der Waals surface area contributed by atoms with Gasteiger partial charge in [-0.15, -0.1) is 0 Å². The van der Waals surface area contributed by atoms with E-state index in [-0.39, 0.29) is 0 Å². The summed E-state index contributed by atoms with van der Waals surface area (Å²) in [7, 11) is 0. The Balaban J connectivity index is 1.79. The molecule has 1 aromatic heterocycles. The number of aromatic nitrogens is 1. The third kappa shape index (κ3) is 4.52. The largest absolute Gasteiger partial charge is 0.356 e. The first-order chi connectivity index (χ1) is 9.92. The highest BCUT2D eigenvalue weighted by molar-refractivity contribution is 5.61. The summed E-state index contributed by atoms with van der Waals surface area (Å²) in [6.45, 7) is 2.26. The second-order valence-electron chi connectivity index (χ2n) is 5.41. The standard InChI is InChI=1S/C18H25NO/c1-2-3-4-5-6-7-8-11-16-12-9-10-13-17(16)18-14-15-19-20-18/h9-10,12-15H,2-8,11H2,1H3. The van der Waals surface area contributed by atoms with Crippen LogP contribution in [-0.2, 0) is 6.42 Å². The first-order valence-corrected chi connectivity index (χ1v) is 7.90. The van der Waals surface area contributed by atoms with Gasteiger partial charge in [-0.3, -0.25) is 0 Å². The maximum Gasteiger partial charge on any atom is 0.167 e. The van der Waals surface area contributed by atoms with Crippen molar-refractivity contribution in [1.29, 1.82) is 0 Å². The van der Waals surface area contributed by atoms with Crippen molar-refractivity contribution >= 4 is 0 Å². The average Bonchev–Trinajstić information content (AvgIpc) is 3.01. The van der Waals surface area contributed by atoms with Crippen LogP contribution in [0, 0.1) is 0 Å². The molecule has 0 radical (unpaired) electrons. The Kier molecular flexibility index (Phi) is 6.36. The van der Waals surface area contributed by atoms with E-state index < -0.39 is 0 Å². The highest BCUT2D eigenvalue weighted by Crippen LogP contribution is 2.24. The Morgan fingerprint density at radius 1 is 0.900 bits per heavy atom. The molecule has 1 aromatic carbocycles. The quantitative estimate of drug-likeness (QED) is 0.552. The second kappa shape index (κ2) is 8.57. The van der Waals surface area contributed by atoms with Crippen molar-refractivity contribution in [2.75, 3.05) is 0 Å². The summed E-state index contributed by atoms with van der Waals surface area (Å²) in [6.07, 6.45) is 12.3. The van der Waals surface area contributed by atoms with Gasteiger partial charge in [-0.05, 0) is 18.4 Å². The summed E-state index contributed by atoms with van der Waals surface area (Å²) >= 11 is 0. The predicted octanol–water partition coefficient (Wildman–Crippen LogP) is 5.63. The minimum atomic E-state index is 0.878. The Morgan fingerprint density at radius 2 is 1.65 bits per heavy atom. The van der Waals surface area contributed by atoms with Crippen LogP contribution in [0.5, 0.6) is 0 Å². The molecule has 0 saturated heterocycles. The van der Waals surface area contributed by atoms with Crippen molar-refractivity contribution in [3.63, 3.8) is 0 Å². The molecule has 1 heterocycles. The lowest BCUT2D eigenvalue weighted by Gasteiger charge is -2.06. The molecule has 2 rings (SSSR count). The van der Waals surface area contributed by atoms with Gasteiger partial charge >= 0.3 is 0 Å². The van der Waals surface area contributed by atoms with Crippen molar-refractivity contribution in [2.45, 2.75) is 58.3 Å². The fourth-order valence-corrected chi connectivity index (χ4v) is 2.61. The molecule has 2 heteroatoms. The molecule has 0 spiro atoms. The Morgan fingerprint density at radius 3 is 2.40 bits per heavy atom. The maximum atomic E-state index is 5.28. The lowest BCUT2D eigenvalue weighted by Crippen LogP contribution is -1.90. The smallest absolute Gasteiger partial charge is 0.167 e. The van der Waals surface area contributed by atoms with Crippen LogP contribution in [0.4, 0.5) is 0 Å². The van der Waals surface area contributed by atoms with Crippen LogP contribution in [-0.4, -0.2) is 5.16 Å².